The van der Waals surface area contributed by atoms with Crippen LogP contribution in [0.5, 0.6) is 0 Å². The van der Waals surface area contributed by atoms with Gasteiger partial charge in [-0.3, -0.25) is 14.5 Å². The van der Waals surface area contributed by atoms with Crippen molar-refractivity contribution < 1.29 is 9.59 Å². The maximum atomic E-state index is 13.2. The number of nitrogens with zero attached hydrogens (tertiary/aromatic N) is 1. The van der Waals surface area contributed by atoms with Gasteiger partial charge in [0.1, 0.15) is 0 Å². The van der Waals surface area contributed by atoms with Crippen molar-refractivity contribution in [2.45, 2.75) is 38.3 Å². The first-order chi connectivity index (χ1) is 16.6. The fraction of sp³-hybridized carbons (Fsp3) is 0.333. The van der Waals surface area contributed by atoms with Crippen LogP contribution in [0.1, 0.15) is 52.7 Å². The highest BCUT2D eigenvalue weighted by Crippen LogP contribution is 2.39. The second kappa shape index (κ2) is 9.94. The second-order valence-corrected chi connectivity index (χ2v) is 9.84. The molecule has 2 fully saturated rings. The van der Waals surface area contributed by atoms with Gasteiger partial charge in [-0.15, -0.1) is 0 Å². The largest absolute Gasteiger partial charge is 0.353 e. The number of ketones is 1. The average molecular weight is 453 g/mol. The van der Waals surface area contributed by atoms with E-state index in [2.05, 4.69) is 40.5 Å². The molecule has 1 aliphatic heterocycles. The fourth-order valence-corrected chi connectivity index (χ4v) is 5.67. The Morgan fingerprint density at radius 3 is 2.35 bits per heavy atom. The molecule has 0 spiro atoms. The standard InChI is InChI=1S/C30H32N2O2/c1-21(24-13-8-14-25(17-24)29(33)23-11-6-3-7-12-23)30(34)31-28-16-15-26-19-32(20-27(26)28)18-22-9-4-2-5-10-22/h2-14,17,21,26-28H,15-16,18-20H2,1H3,(H,31,34)/t21-,26?,27?,28?/m0/s1. The van der Waals surface area contributed by atoms with Crippen molar-refractivity contribution in [2.75, 3.05) is 13.1 Å². The molecule has 3 aromatic rings. The number of rotatable bonds is 7. The molecule has 2 aliphatic rings. The monoisotopic (exact) mass is 452 g/mol. The van der Waals surface area contributed by atoms with Crippen LogP contribution in [0.4, 0.5) is 0 Å². The molecule has 1 saturated heterocycles. The van der Waals surface area contributed by atoms with Gasteiger partial charge < -0.3 is 5.32 Å². The first-order valence-corrected chi connectivity index (χ1v) is 12.3. The average Bonchev–Trinajstić information content (AvgIpc) is 3.45. The highest BCUT2D eigenvalue weighted by Gasteiger charge is 2.43. The number of likely N-dealkylation sites (tertiary alicyclic amines) is 1. The third kappa shape index (κ3) is 4.83. The Hall–Kier alpha value is -3.24. The molecule has 5 rings (SSSR count). The van der Waals surface area contributed by atoms with Gasteiger partial charge >= 0.3 is 0 Å². The molecule has 1 heterocycles. The van der Waals surface area contributed by atoms with E-state index < -0.39 is 0 Å². The number of benzene rings is 3. The van der Waals surface area contributed by atoms with Gasteiger partial charge in [-0.2, -0.15) is 0 Å². The van der Waals surface area contributed by atoms with E-state index in [0.29, 0.717) is 23.0 Å². The van der Waals surface area contributed by atoms with Crippen LogP contribution >= 0.6 is 0 Å². The van der Waals surface area contributed by atoms with Gasteiger partial charge in [-0.1, -0.05) is 78.9 Å². The summed E-state index contributed by atoms with van der Waals surface area (Å²) < 4.78 is 0. The Morgan fingerprint density at radius 2 is 1.59 bits per heavy atom. The summed E-state index contributed by atoms with van der Waals surface area (Å²) in [7, 11) is 0. The zero-order chi connectivity index (χ0) is 23.5. The van der Waals surface area contributed by atoms with Crippen LogP contribution in [0.15, 0.2) is 84.9 Å². The number of hydrogen-bond donors (Lipinski definition) is 1. The van der Waals surface area contributed by atoms with Crippen molar-refractivity contribution in [1.29, 1.82) is 0 Å². The normalized spacial score (nSPS) is 22.8. The Labute approximate surface area is 202 Å². The van der Waals surface area contributed by atoms with Gasteiger partial charge in [0, 0.05) is 36.8 Å². The van der Waals surface area contributed by atoms with Crippen molar-refractivity contribution in [1.82, 2.24) is 10.2 Å². The summed E-state index contributed by atoms with van der Waals surface area (Å²) in [5.41, 5.74) is 3.51. The maximum absolute atomic E-state index is 13.2. The predicted molar refractivity (Wildman–Crippen MR) is 135 cm³/mol. The van der Waals surface area contributed by atoms with Gasteiger partial charge in [-0.25, -0.2) is 0 Å². The lowest BCUT2D eigenvalue weighted by Gasteiger charge is -2.24. The van der Waals surface area contributed by atoms with Crippen molar-refractivity contribution >= 4 is 11.7 Å². The molecular weight excluding hydrogens is 420 g/mol. The summed E-state index contributed by atoms with van der Waals surface area (Å²) in [5.74, 6) is 0.918. The molecule has 1 amide bonds. The van der Waals surface area contributed by atoms with Crippen molar-refractivity contribution in [2.24, 2.45) is 11.8 Å². The van der Waals surface area contributed by atoms with E-state index in [9.17, 15) is 9.59 Å². The van der Waals surface area contributed by atoms with E-state index in [1.807, 2.05) is 61.5 Å². The van der Waals surface area contributed by atoms with Crippen molar-refractivity contribution in [3.05, 3.63) is 107 Å². The van der Waals surface area contributed by atoms with Crippen LogP contribution in [0.25, 0.3) is 0 Å². The van der Waals surface area contributed by atoms with Crippen LogP contribution < -0.4 is 5.32 Å². The summed E-state index contributed by atoms with van der Waals surface area (Å²) in [6.07, 6.45) is 2.23. The molecule has 4 nitrogen and oxygen atoms in total. The zero-order valence-corrected chi connectivity index (χ0v) is 19.7. The fourth-order valence-electron chi connectivity index (χ4n) is 5.67. The number of carbonyl (C=O) groups excluding carboxylic acids is 2. The van der Waals surface area contributed by atoms with Crippen LogP contribution in [-0.4, -0.2) is 35.7 Å². The first kappa shape index (κ1) is 22.5. The molecule has 0 bridgehead atoms. The summed E-state index contributed by atoms with van der Waals surface area (Å²) in [6.45, 7) is 5.07. The van der Waals surface area contributed by atoms with Gasteiger partial charge in [0.15, 0.2) is 5.78 Å². The van der Waals surface area contributed by atoms with Crippen LogP contribution in [0.2, 0.25) is 0 Å². The molecule has 3 unspecified atom stereocenters. The lowest BCUT2D eigenvalue weighted by atomic mass is 9.94. The Morgan fingerprint density at radius 1 is 0.882 bits per heavy atom. The van der Waals surface area contributed by atoms with E-state index in [4.69, 9.17) is 0 Å². The van der Waals surface area contributed by atoms with Crippen molar-refractivity contribution in [3.8, 4) is 0 Å². The smallest absolute Gasteiger partial charge is 0.227 e. The van der Waals surface area contributed by atoms with E-state index in [1.54, 1.807) is 0 Å². The van der Waals surface area contributed by atoms with E-state index in [1.165, 1.54) is 12.0 Å². The Kier molecular flexibility index (Phi) is 6.59. The van der Waals surface area contributed by atoms with Gasteiger partial charge in [-0.05, 0) is 48.8 Å². The van der Waals surface area contributed by atoms with Crippen molar-refractivity contribution in [3.63, 3.8) is 0 Å². The van der Waals surface area contributed by atoms with Crippen LogP contribution in [-0.2, 0) is 11.3 Å². The third-order valence-electron chi connectivity index (χ3n) is 7.59. The first-order valence-electron chi connectivity index (χ1n) is 12.3. The quantitative estimate of drug-likeness (QED) is 0.511. The topological polar surface area (TPSA) is 49.4 Å². The van der Waals surface area contributed by atoms with E-state index >= 15 is 0 Å². The number of hydrogen-bond acceptors (Lipinski definition) is 3. The van der Waals surface area contributed by atoms with Gasteiger partial charge in [0.25, 0.3) is 0 Å². The molecule has 174 valence electrons. The number of nitrogens with one attached hydrogen (secondary N) is 1. The summed E-state index contributed by atoms with van der Waals surface area (Å²) in [5, 5.41) is 3.36. The molecule has 3 aromatic carbocycles. The van der Waals surface area contributed by atoms with E-state index in [0.717, 1.165) is 31.6 Å². The summed E-state index contributed by atoms with van der Waals surface area (Å²) in [4.78, 5) is 28.6. The highest BCUT2D eigenvalue weighted by atomic mass is 16.2. The van der Waals surface area contributed by atoms with Gasteiger partial charge in [0.2, 0.25) is 5.91 Å². The molecule has 1 saturated carbocycles. The molecule has 4 heteroatoms. The number of amides is 1. The lowest BCUT2D eigenvalue weighted by Crippen LogP contribution is -2.41. The second-order valence-electron chi connectivity index (χ2n) is 9.84. The molecule has 4 atom stereocenters. The van der Waals surface area contributed by atoms with Crippen LogP contribution in [0, 0.1) is 11.8 Å². The minimum Gasteiger partial charge on any atom is -0.353 e. The number of carbonyl (C=O) groups is 2. The minimum atomic E-state index is -0.301. The summed E-state index contributed by atoms with van der Waals surface area (Å²) >= 11 is 0. The molecule has 1 aliphatic carbocycles. The minimum absolute atomic E-state index is 0.0156. The lowest BCUT2D eigenvalue weighted by molar-refractivity contribution is -0.123. The molecule has 34 heavy (non-hydrogen) atoms. The highest BCUT2D eigenvalue weighted by molar-refractivity contribution is 6.09. The predicted octanol–water partition coefficient (Wildman–Crippen LogP) is 5.05. The third-order valence-corrected chi connectivity index (χ3v) is 7.59. The van der Waals surface area contributed by atoms with Gasteiger partial charge in [0.05, 0.1) is 5.92 Å². The zero-order valence-electron chi connectivity index (χ0n) is 19.7. The SMILES string of the molecule is C[C@H](C(=O)NC1CCC2CN(Cc3ccccc3)CC21)c1cccc(C(=O)c2ccccc2)c1. The molecule has 1 N–H and O–H groups in total. The molecule has 0 aromatic heterocycles. The summed E-state index contributed by atoms with van der Waals surface area (Å²) in [6, 6.07) is 27.6. The Balaban J connectivity index is 1.21. The maximum Gasteiger partial charge on any atom is 0.227 e. The molecular formula is C30H32N2O2. The Bertz CT molecular complexity index is 1140. The molecule has 0 radical (unpaired) electrons. The van der Waals surface area contributed by atoms with E-state index in [-0.39, 0.29) is 23.7 Å². The van der Waals surface area contributed by atoms with Crippen LogP contribution in [0.3, 0.4) is 0 Å². The number of fused-ring (bicyclic) bond motifs is 1.